The molecule has 28 heavy (non-hydrogen) atoms. The van der Waals surface area contributed by atoms with Gasteiger partial charge in [0.1, 0.15) is 0 Å². The van der Waals surface area contributed by atoms with E-state index in [1.165, 1.54) is 5.56 Å². The minimum absolute atomic E-state index is 0.0500. The van der Waals surface area contributed by atoms with Crippen LogP contribution in [0.5, 0.6) is 0 Å². The molecule has 4 rings (SSSR count). The van der Waals surface area contributed by atoms with Crippen molar-refractivity contribution in [2.24, 2.45) is 0 Å². The molecule has 6 heteroatoms. The molecule has 1 atom stereocenters. The highest BCUT2D eigenvalue weighted by atomic mass is 16.1. The van der Waals surface area contributed by atoms with E-state index in [4.69, 9.17) is 0 Å². The molecule has 0 aliphatic carbocycles. The summed E-state index contributed by atoms with van der Waals surface area (Å²) >= 11 is 0. The fourth-order valence-electron chi connectivity index (χ4n) is 3.58. The molecule has 3 aromatic rings. The Morgan fingerprint density at radius 3 is 2.82 bits per heavy atom. The molecule has 0 spiro atoms. The Balaban J connectivity index is 1.39. The number of aromatic nitrogens is 3. The van der Waals surface area contributed by atoms with Crippen molar-refractivity contribution in [3.63, 3.8) is 0 Å². The van der Waals surface area contributed by atoms with Gasteiger partial charge >= 0.3 is 0 Å². The molecule has 1 aromatic carbocycles. The number of pyridine rings is 1. The fraction of sp³-hybridized carbons (Fsp3) is 0.273. The van der Waals surface area contributed by atoms with Crippen LogP contribution in [0.4, 0.5) is 0 Å². The Bertz CT molecular complexity index is 916. The molecule has 0 bridgehead atoms. The van der Waals surface area contributed by atoms with Gasteiger partial charge in [0.05, 0.1) is 0 Å². The Hall–Kier alpha value is -3.12. The third kappa shape index (κ3) is 4.58. The lowest BCUT2D eigenvalue weighted by atomic mass is 10.0. The molecule has 1 N–H and O–H groups in total. The Kier molecular flexibility index (Phi) is 5.68. The third-order valence-electron chi connectivity index (χ3n) is 4.92. The second-order valence-corrected chi connectivity index (χ2v) is 7.06. The van der Waals surface area contributed by atoms with Gasteiger partial charge in [0.25, 0.3) is 5.91 Å². The maximum Gasteiger partial charge on any atom is 0.251 e. The van der Waals surface area contributed by atoms with E-state index in [9.17, 15) is 4.79 Å². The summed E-state index contributed by atoms with van der Waals surface area (Å²) in [6, 6.07) is 13.4. The lowest BCUT2D eigenvalue weighted by Gasteiger charge is -2.33. The number of benzene rings is 1. The molecule has 1 amide bonds. The third-order valence-corrected chi connectivity index (χ3v) is 4.92. The van der Waals surface area contributed by atoms with Gasteiger partial charge in [-0.1, -0.05) is 18.2 Å². The minimum atomic E-state index is -0.0500. The molecule has 0 saturated carbocycles. The van der Waals surface area contributed by atoms with E-state index < -0.39 is 0 Å². The van der Waals surface area contributed by atoms with Gasteiger partial charge < -0.3 is 5.32 Å². The van der Waals surface area contributed by atoms with Gasteiger partial charge in [-0.2, -0.15) is 0 Å². The van der Waals surface area contributed by atoms with E-state index in [0.29, 0.717) is 11.4 Å². The number of hydrogen-bond donors (Lipinski definition) is 1. The second kappa shape index (κ2) is 8.71. The highest BCUT2D eigenvalue weighted by Crippen LogP contribution is 2.17. The zero-order chi connectivity index (χ0) is 19.2. The smallest absolute Gasteiger partial charge is 0.251 e. The van der Waals surface area contributed by atoms with Crippen LogP contribution >= 0.6 is 0 Å². The minimum Gasteiger partial charge on any atom is -0.348 e. The molecule has 1 aliphatic rings. The van der Waals surface area contributed by atoms with Crippen molar-refractivity contribution in [1.29, 1.82) is 0 Å². The molecular weight excluding hydrogens is 350 g/mol. The average molecular weight is 373 g/mol. The largest absolute Gasteiger partial charge is 0.348 e. The summed E-state index contributed by atoms with van der Waals surface area (Å²) in [6.07, 6.45) is 9.17. The van der Waals surface area contributed by atoms with Crippen molar-refractivity contribution in [2.45, 2.75) is 25.4 Å². The Labute approximate surface area is 164 Å². The van der Waals surface area contributed by atoms with E-state index in [-0.39, 0.29) is 11.9 Å². The molecule has 1 fully saturated rings. The predicted molar refractivity (Wildman–Crippen MR) is 107 cm³/mol. The van der Waals surface area contributed by atoms with E-state index in [1.54, 1.807) is 24.7 Å². The van der Waals surface area contributed by atoms with Crippen molar-refractivity contribution in [2.75, 3.05) is 13.1 Å². The Morgan fingerprint density at radius 1 is 1.11 bits per heavy atom. The van der Waals surface area contributed by atoms with Crippen LogP contribution in [-0.4, -0.2) is 44.9 Å². The summed E-state index contributed by atoms with van der Waals surface area (Å²) in [5.74, 6) is 0.573. The number of likely N-dealkylation sites (tertiary alicyclic amines) is 1. The number of carbonyl (C=O) groups excluding carboxylic acids is 1. The Morgan fingerprint density at radius 2 is 2.00 bits per heavy atom. The van der Waals surface area contributed by atoms with Gasteiger partial charge in [-0.05, 0) is 49.2 Å². The lowest BCUT2D eigenvalue weighted by molar-refractivity contribution is 0.0901. The summed E-state index contributed by atoms with van der Waals surface area (Å²) in [7, 11) is 0. The summed E-state index contributed by atoms with van der Waals surface area (Å²) in [5.41, 5.74) is 2.68. The highest BCUT2D eigenvalue weighted by Gasteiger charge is 2.22. The first kappa shape index (κ1) is 18.3. The summed E-state index contributed by atoms with van der Waals surface area (Å²) in [5, 5.41) is 3.19. The van der Waals surface area contributed by atoms with Crippen LogP contribution < -0.4 is 5.32 Å². The number of rotatable bonds is 5. The van der Waals surface area contributed by atoms with Crippen molar-refractivity contribution in [1.82, 2.24) is 25.2 Å². The second-order valence-electron chi connectivity index (χ2n) is 7.06. The van der Waals surface area contributed by atoms with E-state index >= 15 is 0 Å². The topological polar surface area (TPSA) is 71.0 Å². The molecule has 1 unspecified atom stereocenters. The van der Waals surface area contributed by atoms with Gasteiger partial charge in [0, 0.05) is 55.0 Å². The van der Waals surface area contributed by atoms with Gasteiger partial charge in [0.15, 0.2) is 5.82 Å². The zero-order valence-electron chi connectivity index (χ0n) is 15.7. The SMILES string of the molecule is O=C(NC1CCCN(Cc2cccnc2)C1)c1cccc(-c2ncccn2)c1. The van der Waals surface area contributed by atoms with E-state index in [0.717, 1.165) is 38.0 Å². The fourth-order valence-corrected chi connectivity index (χ4v) is 3.58. The molecular formula is C22H23N5O. The summed E-state index contributed by atoms with van der Waals surface area (Å²) in [6.45, 7) is 2.76. The average Bonchev–Trinajstić information content (AvgIpc) is 2.75. The normalized spacial score (nSPS) is 17.2. The zero-order valence-corrected chi connectivity index (χ0v) is 15.7. The predicted octanol–water partition coefficient (Wildman–Crippen LogP) is 2.93. The first-order valence-electron chi connectivity index (χ1n) is 9.57. The van der Waals surface area contributed by atoms with Crippen LogP contribution in [0.15, 0.2) is 67.3 Å². The lowest BCUT2D eigenvalue weighted by Crippen LogP contribution is -2.47. The van der Waals surface area contributed by atoms with Crippen LogP contribution in [0.3, 0.4) is 0 Å². The number of nitrogens with zero attached hydrogens (tertiary/aromatic N) is 4. The van der Waals surface area contributed by atoms with Gasteiger partial charge in [0.2, 0.25) is 0 Å². The highest BCUT2D eigenvalue weighted by molar-refractivity contribution is 5.95. The van der Waals surface area contributed by atoms with Crippen LogP contribution in [0.1, 0.15) is 28.8 Å². The van der Waals surface area contributed by atoms with Gasteiger partial charge in [-0.15, -0.1) is 0 Å². The first-order valence-corrected chi connectivity index (χ1v) is 9.57. The van der Waals surface area contributed by atoms with Gasteiger partial charge in [-0.25, -0.2) is 9.97 Å². The van der Waals surface area contributed by atoms with Crippen LogP contribution in [0, 0.1) is 0 Å². The number of amides is 1. The molecule has 6 nitrogen and oxygen atoms in total. The molecule has 1 aliphatic heterocycles. The summed E-state index contributed by atoms with van der Waals surface area (Å²) < 4.78 is 0. The van der Waals surface area contributed by atoms with Crippen molar-refractivity contribution in [3.8, 4) is 11.4 Å². The van der Waals surface area contributed by atoms with E-state index in [2.05, 4.69) is 31.2 Å². The number of nitrogens with one attached hydrogen (secondary N) is 1. The maximum atomic E-state index is 12.8. The van der Waals surface area contributed by atoms with Gasteiger partial charge in [-0.3, -0.25) is 14.7 Å². The summed E-state index contributed by atoms with van der Waals surface area (Å²) in [4.78, 5) is 27.9. The maximum absolute atomic E-state index is 12.8. The van der Waals surface area contributed by atoms with Crippen molar-refractivity contribution < 1.29 is 4.79 Å². The standard InChI is InChI=1S/C22H23N5O/c28-22(19-7-1-6-18(13-19)21-24-10-4-11-25-21)26-20-8-3-12-27(16-20)15-17-5-2-9-23-14-17/h1-2,4-7,9-11,13-14,20H,3,8,12,15-16H2,(H,26,28). The van der Waals surface area contributed by atoms with Crippen LogP contribution in [0.2, 0.25) is 0 Å². The number of carbonyl (C=O) groups is 1. The van der Waals surface area contributed by atoms with Crippen LogP contribution in [-0.2, 0) is 6.54 Å². The number of piperidine rings is 1. The monoisotopic (exact) mass is 373 g/mol. The van der Waals surface area contributed by atoms with Crippen molar-refractivity contribution in [3.05, 3.63) is 78.4 Å². The van der Waals surface area contributed by atoms with Crippen molar-refractivity contribution >= 4 is 5.91 Å². The van der Waals surface area contributed by atoms with E-state index in [1.807, 2.05) is 36.5 Å². The molecule has 0 radical (unpaired) electrons. The molecule has 1 saturated heterocycles. The molecule has 3 heterocycles. The molecule has 142 valence electrons. The quantitative estimate of drug-likeness (QED) is 0.745. The van der Waals surface area contributed by atoms with Crippen LogP contribution in [0.25, 0.3) is 11.4 Å². The molecule has 2 aromatic heterocycles. The first-order chi connectivity index (χ1) is 13.8. The number of hydrogen-bond acceptors (Lipinski definition) is 5.